The van der Waals surface area contributed by atoms with Gasteiger partial charge in [-0.05, 0) is 12.1 Å². The average Bonchev–Trinajstić information content (AvgIpc) is 3.21. The fourth-order valence-electron chi connectivity index (χ4n) is 2.84. The molecule has 0 bridgehead atoms. The van der Waals surface area contributed by atoms with Gasteiger partial charge in [-0.25, -0.2) is 9.97 Å². The number of thiazole rings is 1. The fraction of sp³-hybridized carbons (Fsp3) is 0.333. The summed E-state index contributed by atoms with van der Waals surface area (Å²) in [6.45, 7) is 3.58. The molecule has 0 unspecified atom stereocenters. The van der Waals surface area contributed by atoms with Crippen molar-refractivity contribution in [1.29, 1.82) is 0 Å². The number of fused-ring (bicyclic) bond motifs is 1. The minimum Gasteiger partial charge on any atom is -0.368 e. The zero-order valence-corrected chi connectivity index (χ0v) is 13.3. The number of aromatic amines is 1. The third-order valence-electron chi connectivity index (χ3n) is 3.99. The van der Waals surface area contributed by atoms with Crippen molar-refractivity contribution < 1.29 is 13.2 Å². The molecule has 9 heteroatoms. The number of nitrogens with zero attached hydrogens (tertiary/aromatic N) is 3. The van der Waals surface area contributed by atoms with Gasteiger partial charge in [0.25, 0.3) is 0 Å². The summed E-state index contributed by atoms with van der Waals surface area (Å²) >= 11 is 0.972. The van der Waals surface area contributed by atoms with Gasteiger partial charge in [0.05, 0.1) is 5.69 Å². The summed E-state index contributed by atoms with van der Waals surface area (Å²) in [5.74, 6) is 0. The van der Waals surface area contributed by atoms with Crippen LogP contribution in [0.4, 0.5) is 18.9 Å². The minimum absolute atomic E-state index is 0.312. The number of piperazine rings is 1. The van der Waals surface area contributed by atoms with Gasteiger partial charge in [-0.3, -0.25) is 0 Å². The lowest BCUT2D eigenvalue weighted by Gasteiger charge is -2.29. The smallest absolute Gasteiger partial charge is 0.368 e. The number of rotatable bonds is 2. The average molecular weight is 353 g/mol. The molecule has 0 aliphatic carbocycles. The SMILES string of the molecule is FC(F)(F)c1csc(-c2cc3c(N4CCNCC4)ccnc3[nH]2)n1. The monoisotopic (exact) mass is 353 g/mol. The summed E-state index contributed by atoms with van der Waals surface area (Å²) in [5.41, 5.74) is 1.39. The molecule has 24 heavy (non-hydrogen) atoms. The van der Waals surface area contributed by atoms with Gasteiger partial charge in [0, 0.05) is 48.8 Å². The largest absolute Gasteiger partial charge is 0.434 e. The molecule has 1 saturated heterocycles. The highest BCUT2D eigenvalue weighted by atomic mass is 32.1. The number of pyridine rings is 1. The summed E-state index contributed by atoms with van der Waals surface area (Å²) in [6, 6.07) is 3.77. The molecule has 2 N–H and O–H groups in total. The van der Waals surface area contributed by atoms with E-state index in [4.69, 9.17) is 0 Å². The Labute approximate surface area is 139 Å². The standard InChI is InChI=1S/C15H14F3N5S/c16-15(17,18)12-8-24-14(22-12)10-7-9-11(1-2-20-13(9)21-10)23-5-3-19-4-6-23/h1-2,7-8,19H,3-6H2,(H,20,21). The van der Waals surface area contributed by atoms with Crippen molar-refractivity contribution in [2.75, 3.05) is 31.1 Å². The van der Waals surface area contributed by atoms with Crippen molar-refractivity contribution in [3.8, 4) is 10.7 Å². The molecule has 0 radical (unpaired) electrons. The summed E-state index contributed by atoms with van der Waals surface area (Å²) < 4.78 is 38.2. The second-order valence-corrected chi connectivity index (χ2v) is 6.41. The van der Waals surface area contributed by atoms with Crippen LogP contribution in [0.2, 0.25) is 0 Å². The van der Waals surface area contributed by atoms with Crippen LogP contribution >= 0.6 is 11.3 Å². The van der Waals surface area contributed by atoms with Crippen LogP contribution in [-0.4, -0.2) is 41.1 Å². The zero-order chi connectivity index (χ0) is 16.7. The Balaban J connectivity index is 1.74. The van der Waals surface area contributed by atoms with E-state index in [1.807, 2.05) is 12.1 Å². The van der Waals surface area contributed by atoms with Gasteiger partial charge >= 0.3 is 6.18 Å². The topological polar surface area (TPSA) is 56.8 Å². The van der Waals surface area contributed by atoms with Gasteiger partial charge in [-0.1, -0.05) is 0 Å². The summed E-state index contributed by atoms with van der Waals surface area (Å²) in [7, 11) is 0. The normalized spacial score (nSPS) is 16.0. The van der Waals surface area contributed by atoms with Crippen LogP contribution in [0.15, 0.2) is 23.7 Å². The minimum atomic E-state index is -4.43. The molecule has 4 heterocycles. The van der Waals surface area contributed by atoms with E-state index in [1.165, 1.54) is 0 Å². The second-order valence-electron chi connectivity index (χ2n) is 5.55. The van der Waals surface area contributed by atoms with E-state index in [0.29, 0.717) is 16.3 Å². The first-order chi connectivity index (χ1) is 11.5. The number of nitrogens with one attached hydrogen (secondary N) is 2. The molecule has 0 aromatic carbocycles. The van der Waals surface area contributed by atoms with Crippen molar-refractivity contribution in [2.45, 2.75) is 6.18 Å². The van der Waals surface area contributed by atoms with E-state index in [9.17, 15) is 13.2 Å². The zero-order valence-electron chi connectivity index (χ0n) is 12.5. The van der Waals surface area contributed by atoms with Gasteiger partial charge in [0.2, 0.25) is 0 Å². The van der Waals surface area contributed by atoms with Gasteiger partial charge in [0.15, 0.2) is 5.69 Å². The number of aromatic nitrogens is 3. The van der Waals surface area contributed by atoms with Crippen LogP contribution in [-0.2, 0) is 6.18 Å². The van der Waals surface area contributed by atoms with Crippen LogP contribution in [0.1, 0.15) is 5.69 Å². The first-order valence-corrected chi connectivity index (χ1v) is 8.37. The Kier molecular flexibility index (Phi) is 3.69. The Morgan fingerprint density at radius 1 is 1.21 bits per heavy atom. The number of hydrogen-bond acceptors (Lipinski definition) is 5. The van der Waals surface area contributed by atoms with Crippen LogP contribution in [0.5, 0.6) is 0 Å². The maximum absolute atomic E-state index is 12.7. The van der Waals surface area contributed by atoms with Crippen molar-refractivity contribution in [1.82, 2.24) is 20.3 Å². The van der Waals surface area contributed by atoms with Crippen molar-refractivity contribution >= 4 is 28.1 Å². The van der Waals surface area contributed by atoms with Crippen molar-refractivity contribution in [2.24, 2.45) is 0 Å². The van der Waals surface area contributed by atoms with Crippen LogP contribution in [0, 0.1) is 0 Å². The molecule has 5 nitrogen and oxygen atoms in total. The Hall–Kier alpha value is -2.13. The highest BCUT2D eigenvalue weighted by Gasteiger charge is 2.34. The lowest BCUT2D eigenvalue weighted by atomic mass is 10.2. The van der Waals surface area contributed by atoms with Crippen molar-refractivity contribution in [3.63, 3.8) is 0 Å². The predicted octanol–water partition coefficient (Wildman–Crippen LogP) is 3.11. The van der Waals surface area contributed by atoms with Crippen LogP contribution in [0.25, 0.3) is 21.7 Å². The lowest BCUT2D eigenvalue weighted by molar-refractivity contribution is -0.140. The molecule has 126 valence electrons. The molecule has 1 aliphatic rings. The molecule has 0 atom stereocenters. The molecular formula is C15H14F3N5S. The molecule has 1 fully saturated rings. The highest BCUT2D eigenvalue weighted by Crippen LogP contribution is 2.35. The van der Waals surface area contributed by atoms with E-state index < -0.39 is 11.9 Å². The lowest BCUT2D eigenvalue weighted by Crippen LogP contribution is -2.43. The molecule has 0 amide bonds. The number of H-pyrrole nitrogens is 1. The van der Waals surface area contributed by atoms with Crippen molar-refractivity contribution in [3.05, 3.63) is 29.4 Å². The molecule has 3 aromatic rings. The van der Waals surface area contributed by atoms with E-state index in [2.05, 4.69) is 25.2 Å². The maximum Gasteiger partial charge on any atom is 0.434 e. The summed E-state index contributed by atoms with van der Waals surface area (Å²) in [4.78, 5) is 13.3. The molecule has 4 rings (SSSR count). The molecule has 3 aromatic heterocycles. The number of halogens is 3. The number of alkyl halides is 3. The molecule has 0 spiro atoms. The summed E-state index contributed by atoms with van der Waals surface area (Å²) in [6.07, 6.45) is -2.71. The molecule has 0 saturated carbocycles. The van der Waals surface area contributed by atoms with Gasteiger partial charge in [-0.15, -0.1) is 11.3 Å². The van der Waals surface area contributed by atoms with Crippen LogP contribution in [0.3, 0.4) is 0 Å². The molecule has 1 aliphatic heterocycles. The first kappa shape index (κ1) is 15.4. The third kappa shape index (κ3) is 2.73. The Morgan fingerprint density at radius 3 is 2.71 bits per heavy atom. The predicted molar refractivity (Wildman–Crippen MR) is 87.3 cm³/mol. The highest BCUT2D eigenvalue weighted by molar-refractivity contribution is 7.13. The second kappa shape index (κ2) is 5.75. The van der Waals surface area contributed by atoms with Gasteiger partial charge < -0.3 is 15.2 Å². The summed E-state index contributed by atoms with van der Waals surface area (Å²) in [5, 5.41) is 5.55. The first-order valence-electron chi connectivity index (χ1n) is 7.49. The third-order valence-corrected chi connectivity index (χ3v) is 4.87. The maximum atomic E-state index is 12.7. The van der Waals surface area contributed by atoms with E-state index >= 15 is 0 Å². The quantitative estimate of drug-likeness (QED) is 0.743. The van der Waals surface area contributed by atoms with E-state index in [1.54, 1.807) is 6.20 Å². The Morgan fingerprint density at radius 2 is 2.00 bits per heavy atom. The Bertz CT molecular complexity index is 863. The fourth-order valence-corrected chi connectivity index (χ4v) is 3.63. The van der Waals surface area contributed by atoms with E-state index in [0.717, 1.165) is 54.0 Å². The van der Waals surface area contributed by atoms with Gasteiger partial charge in [0.1, 0.15) is 10.7 Å². The van der Waals surface area contributed by atoms with Crippen LogP contribution < -0.4 is 10.2 Å². The van der Waals surface area contributed by atoms with Gasteiger partial charge in [-0.2, -0.15) is 13.2 Å². The number of anilines is 1. The number of hydrogen-bond donors (Lipinski definition) is 2. The molecular weight excluding hydrogens is 339 g/mol. The van der Waals surface area contributed by atoms with E-state index in [-0.39, 0.29) is 0 Å².